The van der Waals surface area contributed by atoms with Crippen molar-refractivity contribution in [2.24, 2.45) is 10.8 Å². The molecule has 3 aromatic rings. The molecule has 9 nitrogen and oxygen atoms in total. The highest BCUT2D eigenvalue weighted by Crippen LogP contribution is 2.26. The molecule has 0 bridgehead atoms. The number of nitrogens with two attached hydrogens (primary N) is 1. The molecule has 4 rings (SSSR count). The number of aromatic nitrogens is 1. The number of carbonyl (C=O) groups excluding carboxylic acids is 3. The summed E-state index contributed by atoms with van der Waals surface area (Å²) >= 11 is 1.24. The summed E-state index contributed by atoms with van der Waals surface area (Å²) < 4.78 is 18.5. The fourth-order valence-electron chi connectivity index (χ4n) is 3.25. The molecule has 3 N–H and O–H groups in total. The van der Waals surface area contributed by atoms with Gasteiger partial charge in [0.2, 0.25) is 5.91 Å². The summed E-state index contributed by atoms with van der Waals surface area (Å²) in [6.07, 6.45) is -1.25. The molecule has 2 amide bonds. The first-order valence-corrected chi connectivity index (χ1v) is 11.1. The van der Waals surface area contributed by atoms with Crippen molar-refractivity contribution < 1.29 is 23.5 Å². The summed E-state index contributed by atoms with van der Waals surface area (Å²) in [7, 11) is 0. The first-order valence-electron chi connectivity index (χ1n) is 10.3. The molecular weight excluding hydrogens is 461 g/mol. The van der Waals surface area contributed by atoms with Gasteiger partial charge in [-0.3, -0.25) is 19.9 Å². The topological polar surface area (TPSA) is 127 Å². The van der Waals surface area contributed by atoms with Crippen molar-refractivity contribution in [1.82, 2.24) is 4.98 Å². The van der Waals surface area contributed by atoms with Crippen LogP contribution < -0.4 is 16.1 Å². The number of amides is 2. The van der Waals surface area contributed by atoms with Crippen molar-refractivity contribution in [3.8, 4) is 11.3 Å². The van der Waals surface area contributed by atoms with E-state index >= 15 is 0 Å². The lowest BCUT2D eigenvalue weighted by molar-refractivity contribution is -0.146. The van der Waals surface area contributed by atoms with Gasteiger partial charge in [-0.2, -0.15) is 5.10 Å². The highest BCUT2D eigenvalue weighted by Gasteiger charge is 2.36. The predicted molar refractivity (Wildman–Crippen MR) is 126 cm³/mol. The van der Waals surface area contributed by atoms with Crippen LogP contribution in [-0.2, 0) is 19.1 Å². The number of primary amides is 1. The number of carbonyl (C=O) groups is 3. The molecule has 174 valence electrons. The molecule has 1 aliphatic rings. The number of hydrogen-bond donors (Lipinski definition) is 2. The van der Waals surface area contributed by atoms with Gasteiger partial charge >= 0.3 is 5.97 Å². The van der Waals surface area contributed by atoms with Gasteiger partial charge in [0.15, 0.2) is 11.2 Å². The molecule has 0 aliphatic carbocycles. The van der Waals surface area contributed by atoms with Gasteiger partial charge in [-0.25, -0.2) is 14.2 Å². The Morgan fingerprint density at radius 2 is 1.88 bits per heavy atom. The van der Waals surface area contributed by atoms with Crippen LogP contribution in [0.1, 0.15) is 13.3 Å². The lowest BCUT2D eigenvalue weighted by Gasteiger charge is -2.20. The van der Waals surface area contributed by atoms with Crippen LogP contribution in [0.15, 0.2) is 65.1 Å². The normalized spacial score (nSPS) is 16.0. The van der Waals surface area contributed by atoms with Gasteiger partial charge < -0.3 is 10.5 Å². The van der Waals surface area contributed by atoms with Gasteiger partial charge in [0, 0.05) is 17.4 Å². The van der Waals surface area contributed by atoms with Gasteiger partial charge in [0.1, 0.15) is 17.6 Å². The molecule has 0 unspecified atom stereocenters. The van der Waals surface area contributed by atoms with Crippen LogP contribution in [0, 0.1) is 5.82 Å². The second-order valence-corrected chi connectivity index (χ2v) is 8.29. The molecule has 1 aromatic heterocycles. The summed E-state index contributed by atoms with van der Waals surface area (Å²) in [5.74, 6) is -2.59. The monoisotopic (exact) mass is 481 g/mol. The number of ether oxygens (including phenoxy) is 1. The van der Waals surface area contributed by atoms with E-state index in [0.29, 0.717) is 16.5 Å². The lowest BCUT2D eigenvalue weighted by Crippen LogP contribution is -2.39. The number of benzene rings is 2. The van der Waals surface area contributed by atoms with Gasteiger partial charge in [-0.05, 0) is 31.2 Å². The number of halogens is 1. The van der Waals surface area contributed by atoms with Crippen LogP contribution in [0.2, 0.25) is 0 Å². The molecule has 11 heteroatoms. The van der Waals surface area contributed by atoms with Crippen LogP contribution in [0.25, 0.3) is 11.3 Å². The third-order valence-electron chi connectivity index (χ3n) is 5.02. The van der Waals surface area contributed by atoms with Crippen molar-refractivity contribution >= 4 is 45.7 Å². The number of hydrogen-bond acceptors (Lipinski definition) is 8. The fraction of sp³-hybridized carbons (Fsp3) is 0.174. The zero-order valence-corrected chi connectivity index (χ0v) is 18.8. The summed E-state index contributed by atoms with van der Waals surface area (Å²) in [5, 5.41) is 10.2. The highest BCUT2D eigenvalue weighted by molar-refractivity contribution is 7.14. The summed E-state index contributed by atoms with van der Waals surface area (Å²) in [6, 6.07) is 13.8. The largest absolute Gasteiger partial charge is 0.448 e. The van der Waals surface area contributed by atoms with Crippen molar-refractivity contribution in [2.45, 2.75) is 25.5 Å². The summed E-state index contributed by atoms with van der Waals surface area (Å²) in [5.41, 5.74) is 7.38. The number of hydrazone groups is 1. The molecule has 0 spiro atoms. The predicted octanol–water partition coefficient (Wildman–Crippen LogP) is 2.94. The molecule has 2 atom stereocenters. The zero-order chi connectivity index (χ0) is 24.2. The van der Waals surface area contributed by atoms with E-state index in [1.165, 1.54) is 47.5 Å². The van der Waals surface area contributed by atoms with E-state index in [0.717, 1.165) is 5.56 Å². The minimum atomic E-state index is -1.15. The van der Waals surface area contributed by atoms with E-state index in [1.807, 2.05) is 35.7 Å². The Kier molecular flexibility index (Phi) is 6.64. The molecule has 0 saturated heterocycles. The molecule has 2 heterocycles. The maximum absolute atomic E-state index is 13.2. The first-order chi connectivity index (χ1) is 16.3. The van der Waals surface area contributed by atoms with E-state index in [1.54, 1.807) is 0 Å². The van der Waals surface area contributed by atoms with E-state index < -0.39 is 35.7 Å². The molecule has 34 heavy (non-hydrogen) atoms. The van der Waals surface area contributed by atoms with Crippen molar-refractivity contribution in [1.29, 1.82) is 0 Å². The minimum Gasteiger partial charge on any atom is -0.448 e. The number of thiazole rings is 1. The van der Waals surface area contributed by atoms with Crippen LogP contribution in [0.5, 0.6) is 0 Å². The van der Waals surface area contributed by atoms with Crippen LogP contribution in [0.4, 0.5) is 15.2 Å². The Labute approximate surface area is 198 Å². The standard InChI is InChI=1S/C23H20FN5O4S/c1-13(21(31)27-23-26-18(12-34-23)14-5-3-2-4-6-14)33-22(32)17-11-19(20(25)30)29(28-17)16-9-7-15(24)8-10-16/h2-10,12-13,19H,11H2,1H3,(H2,25,30)(H,26,27,31)/t13-,19-/m1/s1. The Hall–Kier alpha value is -4.12. The zero-order valence-electron chi connectivity index (χ0n) is 18.0. The second kappa shape index (κ2) is 9.79. The molecule has 0 radical (unpaired) electrons. The molecule has 2 aromatic carbocycles. The van der Waals surface area contributed by atoms with Gasteiger partial charge in [0.05, 0.1) is 11.4 Å². The van der Waals surface area contributed by atoms with E-state index in [4.69, 9.17) is 10.5 Å². The van der Waals surface area contributed by atoms with Crippen LogP contribution >= 0.6 is 11.3 Å². The van der Waals surface area contributed by atoms with Crippen molar-refractivity contribution in [3.05, 3.63) is 65.8 Å². The Morgan fingerprint density at radius 3 is 2.56 bits per heavy atom. The Bertz CT molecular complexity index is 1250. The summed E-state index contributed by atoms with van der Waals surface area (Å²) in [4.78, 5) is 41.4. The molecule has 1 aliphatic heterocycles. The lowest BCUT2D eigenvalue weighted by atomic mass is 10.1. The molecule has 0 fully saturated rings. The van der Waals surface area contributed by atoms with Crippen LogP contribution in [0.3, 0.4) is 0 Å². The van der Waals surface area contributed by atoms with Gasteiger partial charge in [-0.1, -0.05) is 30.3 Å². The van der Waals surface area contributed by atoms with Gasteiger partial charge in [-0.15, -0.1) is 11.3 Å². The number of rotatable bonds is 7. The third-order valence-corrected chi connectivity index (χ3v) is 5.78. The van der Waals surface area contributed by atoms with E-state index in [-0.39, 0.29) is 12.1 Å². The number of anilines is 2. The van der Waals surface area contributed by atoms with E-state index in [9.17, 15) is 18.8 Å². The fourth-order valence-corrected chi connectivity index (χ4v) is 3.97. The van der Waals surface area contributed by atoms with Gasteiger partial charge in [0.25, 0.3) is 5.91 Å². The molecule has 0 saturated carbocycles. The number of nitrogens with one attached hydrogen (secondary N) is 1. The maximum atomic E-state index is 13.2. The highest BCUT2D eigenvalue weighted by atomic mass is 32.1. The minimum absolute atomic E-state index is 0.0756. The average molecular weight is 482 g/mol. The first kappa shape index (κ1) is 23.1. The van der Waals surface area contributed by atoms with Crippen molar-refractivity contribution in [3.63, 3.8) is 0 Å². The summed E-state index contributed by atoms with van der Waals surface area (Å²) in [6.45, 7) is 1.41. The SMILES string of the molecule is C[C@@H](OC(=O)C1=NN(c2ccc(F)cc2)[C@@H](C(N)=O)C1)C(=O)Nc1nc(-c2ccccc2)cs1. The Morgan fingerprint density at radius 1 is 1.18 bits per heavy atom. The smallest absolute Gasteiger partial charge is 0.355 e. The number of esters is 1. The van der Waals surface area contributed by atoms with Crippen LogP contribution in [-0.4, -0.2) is 40.6 Å². The van der Waals surface area contributed by atoms with E-state index in [2.05, 4.69) is 15.4 Å². The maximum Gasteiger partial charge on any atom is 0.355 e. The molecular formula is C23H20FN5O4S. The number of nitrogens with zero attached hydrogens (tertiary/aromatic N) is 3. The van der Waals surface area contributed by atoms with Crippen molar-refractivity contribution in [2.75, 3.05) is 10.3 Å². The third kappa shape index (κ3) is 5.09. The average Bonchev–Trinajstić information content (AvgIpc) is 3.48. The second-order valence-electron chi connectivity index (χ2n) is 7.43. The Balaban J connectivity index is 1.40. The quantitative estimate of drug-likeness (QED) is 0.500.